The second-order valence-corrected chi connectivity index (χ2v) is 8.29. The fourth-order valence-electron chi connectivity index (χ4n) is 2.26. The Morgan fingerprint density at radius 2 is 1.27 bits per heavy atom. The highest BCUT2D eigenvalue weighted by molar-refractivity contribution is 7.53. The lowest BCUT2D eigenvalue weighted by Crippen LogP contribution is -2.25. The van der Waals surface area contributed by atoms with E-state index in [1.54, 1.807) is 0 Å². The number of non-ortho nitro benzene ring substituents is 1. The molecule has 0 bridgehead atoms. The van der Waals surface area contributed by atoms with Gasteiger partial charge in [-0.15, -0.1) is 0 Å². The van der Waals surface area contributed by atoms with Gasteiger partial charge < -0.3 is 9.05 Å². The number of carbonyl (C=O) groups excluding carboxylic acids is 1. The van der Waals surface area contributed by atoms with E-state index in [-0.39, 0.29) is 22.7 Å². The van der Waals surface area contributed by atoms with Crippen LogP contribution in [0.25, 0.3) is 0 Å². The molecule has 0 radical (unpaired) electrons. The quantitative estimate of drug-likeness (QED) is 0.264. The summed E-state index contributed by atoms with van der Waals surface area (Å²) in [5.74, 6) is -0.530. The summed E-state index contributed by atoms with van der Waals surface area (Å²) < 4.78 is 24.2. The van der Waals surface area contributed by atoms with E-state index < -0.39 is 18.6 Å². The van der Waals surface area contributed by atoms with Crippen molar-refractivity contribution in [3.8, 4) is 11.5 Å². The highest BCUT2D eigenvalue weighted by atomic mass is 35.5. The molecule has 0 aliphatic rings. The Kier molecular flexibility index (Phi) is 6.62. The van der Waals surface area contributed by atoms with Crippen LogP contribution in [0.1, 0.15) is 10.4 Å². The van der Waals surface area contributed by atoms with Crippen LogP contribution in [0, 0.1) is 10.1 Å². The van der Waals surface area contributed by atoms with Crippen molar-refractivity contribution in [1.29, 1.82) is 0 Å². The fourth-order valence-corrected chi connectivity index (χ4v) is 3.81. The van der Waals surface area contributed by atoms with Crippen molar-refractivity contribution in [2.24, 2.45) is 0 Å². The number of nitro groups is 1. The maximum absolute atomic E-state index is 13.3. The number of nitrogens with one attached hydrogen (secondary N) is 1. The molecule has 0 saturated carbocycles. The number of carbonyl (C=O) groups is 1. The Morgan fingerprint density at radius 3 is 1.67 bits per heavy atom. The molecule has 0 heterocycles. The highest BCUT2D eigenvalue weighted by Gasteiger charge is 2.32. The van der Waals surface area contributed by atoms with Gasteiger partial charge in [0, 0.05) is 27.7 Å². The molecule has 0 aromatic heterocycles. The lowest BCUT2D eigenvalue weighted by molar-refractivity contribution is -0.384. The van der Waals surface area contributed by atoms with E-state index in [0.29, 0.717) is 10.0 Å². The zero-order valence-electron chi connectivity index (χ0n) is 15.0. The molecule has 0 aliphatic heterocycles. The van der Waals surface area contributed by atoms with Crippen LogP contribution in [0.3, 0.4) is 0 Å². The second kappa shape index (κ2) is 9.17. The lowest BCUT2D eigenvalue weighted by atomic mass is 10.2. The molecule has 11 heteroatoms. The van der Waals surface area contributed by atoms with E-state index in [1.165, 1.54) is 60.7 Å². The Morgan fingerprint density at radius 1 is 0.833 bits per heavy atom. The molecule has 3 rings (SSSR count). The van der Waals surface area contributed by atoms with E-state index in [2.05, 4.69) is 5.09 Å². The minimum Gasteiger partial charge on any atom is -0.400 e. The second-order valence-electron chi connectivity index (χ2n) is 5.83. The average Bonchev–Trinajstić information content (AvgIpc) is 2.71. The van der Waals surface area contributed by atoms with Crippen molar-refractivity contribution in [2.75, 3.05) is 0 Å². The van der Waals surface area contributed by atoms with Gasteiger partial charge in [0.25, 0.3) is 11.6 Å². The van der Waals surface area contributed by atoms with E-state index in [1.807, 2.05) is 0 Å². The summed E-state index contributed by atoms with van der Waals surface area (Å²) >= 11 is 11.7. The summed E-state index contributed by atoms with van der Waals surface area (Å²) in [6, 6.07) is 16.6. The lowest BCUT2D eigenvalue weighted by Gasteiger charge is -2.20. The fraction of sp³-hybridized carbons (Fsp3) is 0. The summed E-state index contributed by atoms with van der Waals surface area (Å²) in [5, 5.41) is 13.9. The predicted octanol–water partition coefficient (Wildman–Crippen LogP) is 5.90. The third-order valence-electron chi connectivity index (χ3n) is 3.66. The van der Waals surface area contributed by atoms with Gasteiger partial charge in [-0.05, 0) is 60.7 Å². The first-order valence-corrected chi connectivity index (χ1v) is 10.6. The molecule has 3 aromatic carbocycles. The van der Waals surface area contributed by atoms with E-state index in [4.69, 9.17) is 32.2 Å². The molecule has 0 fully saturated rings. The van der Waals surface area contributed by atoms with Crippen LogP contribution < -0.4 is 14.1 Å². The van der Waals surface area contributed by atoms with Crippen molar-refractivity contribution in [3.63, 3.8) is 0 Å². The van der Waals surface area contributed by atoms with Gasteiger partial charge in [-0.2, -0.15) is 0 Å². The number of nitro benzene ring substituents is 1. The van der Waals surface area contributed by atoms with Crippen LogP contribution in [0.4, 0.5) is 5.69 Å². The van der Waals surface area contributed by atoms with Gasteiger partial charge in [-0.3, -0.25) is 14.9 Å². The molecular weight excluding hydrogens is 454 g/mol. The molecule has 1 amide bonds. The van der Waals surface area contributed by atoms with Crippen molar-refractivity contribution in [3.05, 3.63) is 98.5 Å². The minimum atomic E-state index is -4.27. The maximum Gasteiger partial charge on any atom is 0.544 e. The van der Waals surface area contributed by atoms with Gasteiger partial charge in [-0.25, -0.2) is 9.65 Å². The molecule has 8 nitrogen and oxygen atoms in total. The van der Waals surface area contributed by atoms with Crippen LogP contribution in [0.15, 0.2) is 72.8 Å². The van der Waals surface area contributed by atoms with Gasteiger partial charge in [0.15, 0.2) is 0 Å². The summed E-state index contributed by atoms with van der Waals surface area (Å²) in [6.45, 7) is 0. The van der Waals surface area contributed by atoms with Crippen molar-refractivity contribution in [2.45, 2.75) is 0 Å². The van der Waals surface area contributed by atoms with Crippen LogP contribution in [-0.2, 0) is 4.57 Å². The molecule has 1 N–H and O–H groups in total. The normalized spacial score (nSPS) is 10.9. The number of hydrogen-bond acceptors (Lipinski definition) is 6. The van der Waals surface area contributed by atoms with E-state index >= 15 is 0 Å². The van der Waals surface area contributed by atoms with Gasteiger partial charge in [0.2, 0.25) is 0 Å². The number of nitrogens with zero attached hydrogens (tertiary/aromatic N) is 1. The van der Waals surface area contributed by atoms with Crippen molar-refractivity contribution in [1.82, 2.24) is 5.09 Å². The SMILES string of the molecule is O=C(NP(=O)(Oc1ccc(Cl)cc1)Oc1ccc(Cl)cc1)c1ccc([N+](=O)[O-])cc1. The third kappa shape index (κ3) is 5.73. The number of benzene rings is 3. The Hall–Kier alpha value is -3.06. The third-order valence-corrected chi connectivity index (χ3v) is 5.54. The Labute approximate surface area is 181 Å². The number of rotatable bonds is 7. The molecule has 3 aromatic rings. The van der Waals surface area contributed by atoms with E-state index in [0.717, 1.165) is 12.1 Å². The summed E-state index contributed by atoms with van der Waals surface area (Å²) in [4.78, 5) is 22.7. The largest absolute Gasteiger partial charge is 0.544 e. The van der Waals surface area contributed by atoms with Gasteiger partial charge in [0.05, 0.1) is 4.92 Å². The Balaban J connectivity index is 1.86. The van der Waals surface area contributed by atoms with Crippen molar-refractivity contribution >= 4 is 42.5 Å². The maximum atomic E-state index is 13.3. The van der Waals surface area contributed by atoms with Gasteiger partial charge >= 0.3 is 7.75 Å². The molecule has 0 spiro atoms. The summed E-state index contributed by atoms with van der Waals surface area (Å²) in [7, 11) is -4.27. The molecule has 0 saturated heterocycles. The van der Waals surface area contributed by atoms with Crippen LogP contribution in [-0.4, -0.2) is 10.8 Å². The number of halogens is 2. The van der Waals surface area contributed by atoms with Crippen molar-refractivity contribution < 1.29 is 23.3 Å². The zero-order valence-corrected chi connectivity index (χ0v) is 17.4. The number of hydrogen-bond donors (Lipinski definition) is 1. The summed E-state index contributed by atoms with van der Waals surface area (Å²) in [5.41, 5.74) is -0.162. The molecule has 0 aliphatic carbocycles. The molecule has 0 atom stereocenters. The molecular formula is C19H13Cl2N2O6P. The highest BCUT2D eigenvalue weighted by Crippen LogP contribution is 2.45. The standard InChI is InChI=1S/C19H13Cl2N2O6P/c20-14-3-9-17(10-4-14)28-30(27,29-18-11-5-15(21)6-12-18)22-19(24)13-1-7-16(8-2-13)23(25)26/h1-12H,(H,22,24,27). The first kappa shape index (κ1) is 21.6. The molecule has 30 heavy (non-hydrogen) atoms. The summed E-state index contributed by atoms with van der Waals surface area (Å²) in [6.07, 6.45) is 0. The van der Waals surface area contributed by atoms with Crippen LogP contribution in [0.5, 0.6) is 11.5 Å². The Bertz CT molecular complexity index is 1050. The van der Waals surface area contributed by atoms with Crippen LogP contribution >= 0.6 is 30.9 Å². The first-order chi connectivity index (χ1) is 14.2. The first-order valence-electron chi connectivity index (χ1n) is 8.31. The topological polar surface area (TPSA) is 108 Å². The van der Waals surface area contributed by atoms with Gasteiger partial charge in [0.1, 0.15) is 11.5 Å². The monoisotopic (exact) mass is 466 g/mol. The van der Waals surface area contributed by atoms with Crippen LogP contribution in [0.2, 0.25) is 10.0 Å². The van der Waals surface area contributed by atoms with E-state index in [9.17, 15) is 19.5 Å². The zero-order chi connectivity index (χ0) is 21.7. The number of amides is 1. The minimum absolute atomic E-state index is 0.0280. The molecule has 0 unspecified atom stereocenters. The average molecular weight is 467 g/mol. The van der Waals surface area contributed by atoms with Gasteiger partial charge in [-0.1, -0.05) is 23.2 Å². The predicted molar refractivity (Wildman–Crippen MR) is 112 cm³/mol. The molecule has 154 valence electrons. The smallest absolute Gasteiger partial charge is 0.400 e.